The van der Waals surface area contributed by atoms with E-state index >= 15 is 0 Å². The Morgan fingerprint density at radius 3 is 2.62 bits per heavy atom. The fourth-order valence-electron chi connectivity index (χ4n) is 6.30. The van der Waals surface area contributed by atoms with Gasteiger partial charge in [0.25, 0.3) is 5.91 Å². The fourth-order valence-corrected chi connectivity index (χ4v) is 6.30. The van der Waals surface area contributed by atoms with Gasteiger partial charge in [-0.3, -0.25) is 4.79 Å². The largest absolute Gasteiger partial charge is 0.496 e. The molecule has 14 heteroatoms. The molecule has 13 nitrogen and oxygen atoms in total. The molecule has 0 bridgehead atoms. The first-order valence-corrected chi connectivity index (χ1v) is 15.6. The van der Waals surface area contributed by atoms with Crippen LogP contribution in [0.25, 0.3) is 22.3 Å². The normalized spacial score (nSPS) is 14.2. The number of rotatable bonds is 10. The number of nitrogens with zero attached hydrogens (tertiary/aromatic N) is 8. The SMILES string of the molecule is COc1ccc(F)cc1C(=O)NCc1ccc(-c2nn(C(CC3CCCCC3)CN(C)C(=O)n3cncn3)c3ncnc(N)c23)cc1. The van der Waals surface area contributed by atoms with Crippen molar-refractivity contribution in [2.45, 2.75) is 51.1 Å². The summed E-state index contributed by atoms with van der Waals surface area (Å²) in [5, 5.41) is 12.5. The number of anilines is 1. The molecule has 1 aliphatic rings. The van der Waals surface area contributed by atoms with Crippen molar-refractivity contribution in [2.24, 2.45) is 5.92 Å². The zero-order valence-electron chi connectivity index (χ0n) is 26.3. The molecule has 3 heterocycles. The molecule has 3 aromatic heterocycles. The summed E-state index contributed by atoms with van der Waals surface area (Å²) in [4.78, 5) is 40.3. The number of aromatic nitrogens is 7. The highest BCUT2D eigenvalue weighted by molar-refractivity contribution is 5.98. The summed E-state index contributed by atoms with van der Waals surface area (Å²) in [7, 11) is 3.18. The van der Waals surface area contributed by atoms with Crippen molar-refractivity contribution in [2.75, 3.05) is 26.4 Å². The van der Waals surface area contributed by atoms with Gasteiger partial charge in [0.15, 0.2) is 5.65 Å². The summed E-state index contributed by atoms with van der Waals surface area (Å²) < 4.78 is 22.1. The number of carbonyl (C=O) groups excluding carboxylic acids is 2. The van der Waals surface area contributed by atoms with Crippen LogP contribution >= 0.6 is 0 Å². The van der Waals surface area contributed by atoms with Crippen molar-refractivity contribution < 1.29 is 18.7 Å². The number of methoxy groups -OCH3 is 1. The molecule has 0 saturated heterocycles. The Hall–Kier alpha value is -5.40. The van der Waals surface area contributed by atoms with E-state index in [9.17, 15) is 14.0 Å². The first-order valence-electron chi connectivity index (χ1n) is 15.6. The lowest BCUT2D eigenvalue weighted by Crippen LogP contribution is -2.37. The number of carbonyl (C=O) groups is 2. The number of likely N-dealkylation sites (N-methyl/N-ethyl adjacent to an activating group) is 1. The predicted octanol–water partition coefficient (Wildman–Crippen LogP) is 4.86. The molecular weight excluding hydrogens is 603 g/mol. The number of amides is 2. The summed E-state index contributed by atoms with van der Waals surface area (Å²) in [6.07, 6.45) is 10.8. The van der Waals surface area contributed by atoms with Crippen LogP contribution in [0.15, 0.2) is 61.4 Å². The summed E-state index contributed by atoms with van der Waals surface area (Å²) in [5.41, 5.74) is 9.39. The van der Waals surface area contributed by atoms with Gasteiger partial charge in [0.05, 0.1) is 24.1 Å². The maximum absolute atomic E-state index is 13.8. The minimum absolute atomic E-state index is 0.119. The predicted molar refractivity (Wildman–Crippen MR) is 173 cm³/mol. The highest BCUT2D eigenvalue weighted by Gasteiger charge is 2.28. The van der Waals surface area contributed by atoms with Gasteiger partial charge in [-0.05, 0) is 36.1 Å². The van der Waals surface area contributed by atoms with Gasteiger partial charge in [0.2, 0.25) is 0 Å². The molecule has 2 aromatic carbocycles. The average Bonchev–Trinajstić information content (AvgIpc) is 3.77. The highest BCUT2D eigenvalue weighted by Crippen LogP contribution is 2.36. The Labute approximate surface area is 271 Å². The molecule has 1 unspecified atom stereocenters. The van der Waals surface area contributed by atoms with E-state index in [-0.39, 0.29) is 29.9 Å². The van der Waals surface area contributed by atoms with Crippen molar-refractivity contribution >= 4 is 28.8 Å². The fraction of sp³-hybridized carbons (Fsp3) is 0.364. The van der Waals surface area contributed by atoms with Crippen LogP contribution in [-0.4, -0.2) is 72.1 Å². The number of benzene rings is 2. The van der Waals surface area contributed by atoms with Crippen LogP contribution in [0.2, 0.25) is 0 Å². The van der Waals surface area contributed by atoms with Crippen LogP contribution in [0, 0.1) is 11.7 Å². The van der Waals surface area contributed by atoms with Crippen molar-refractivity contribution in [3.8, 4) is 17.0 Å². The van der Waals surface area contributed by atoms with Crippen LogP contribution in [-0.2, 0) is 6.54 Å². The standard InChI is InChI=1S/C33H37FN10O3/c1-42(33(46)43-20-36-18-40-43)17-25(14-21-6-4-3-5-7-21)44-31-28(30(35)38-19-39-31)29(41-44)23-10-8-22(9-11-23)16-37-32(45)26-15-24(34)12-13-27(26)47-2/h8-13,15,18-21,25H,3-7,14,16-17H2,1-2H3,(H,37,45)(H2,35,38,39). The van der Waals surface area contributed by atoms with Gasteiger partial charge >= 0.3 is 6.03 Å². The molecule has 3 N–H and O–H groups in total. The van der Waals surface area contributed by atoms with E-state index in [2.05, 4.69) is 25.4 Å². The minimum Gasteiger partial charge on any atom is -0.496 e. The number of hydrogen-bond acceptors (Lipinski definition) is 9. The molecule has 5 aromatic rings. The lowest BCUT2D eigenvalue weighted by molar-refractivity contribution is 0.0947. The van der Waals surface area contributed by atoms with Gasteiger partial charge in [-0.2, -0.15) is 14.9 Å². The lowest BCUT2D eigenvalue weighted by Gasteiger charge is -2.29. The molecule has 0 aliphatic heterocycles. The molecule has 1 fully saturated rings. The second-order valence-corrected chi connectivity index (χ2v) is 11.9. The molecule has 47 heavy (non-hydrogen) atoms. The topological polar surface area (TPSA) is 159 Å². The van der Waals surface area contributed by atoms with E-state index in [0.717, 1.165) is 36.5 Å². The quantitative estimate of drug-likeness (QED) is 0.217. The first kappa shape index (κ1) is 31.6. The van der Waals surface area contributed by atoms with Gasteiger partial charge in [-0.1, -0.05) is 56.4 Å². The third kappa shape index (κ3) is 6.90. The van der Waals surface area contributed by atoms with E-state index in [0.29, 0.717) is 35.0 Å². The van der Waals surface area contributed by atoms with E-state index < -0.39 is 11.7 Å². The van der Waals surface area contributed by atoms with Gasteiger partial charge in [-0.25, -0.2) is 28.8 Å². The van der Waals surface area contributed by atoms with Crippen LogP contribution in [0.4, 0.5) is 15.0 Å². The van der Waals surface area contributed by atoms with Gasteiger partial charge in [-0.15, -0.1) is 0 Å². The Bertz CT molecular complexity index is 1850. The average molecular weight is 641 g/mol. The zero-order chi connectivity index (χ0) is 32.9. The lowest BCUT2D eigenvalue weighted by atomic mass is 9.84. The first-order chi connectivity index (χ1) is 22.8. The number of halogens is 1. The van der Waals surface area contributed by atoms with E-state index in [1.54, 1.807) is 11.9 Å². The van der Waals surface area contributed by atoms with Crippen molar-refractivity contribution in [1.82, 2.24) is 44.7 Å². The molecule has 244 valence electrons. The summed E-state index contributed by atoms with van der Waals surface area (Å²) in [6, 6.07) is 10.9. The van der Waals surface area contributed by atoms with Crippen LogP contribution < -0.4 is 15.8 Å². The van der Waals surface area contributed by atoms with Crippen LogP contribution in [0.1, 0.15) is 60.5 Å². The summed E-state index contributed by atoms with van der Waals surface area (Å²) >= 11 is 0. The zero-order valence-corrected chi connectivity index (χ0v) is 26.3. The van der Waals surface area contributed by atoms with E-state index in [1.807, 2.05) is 28.9 Å². The van der Waals surface area contributed by atoms with E-state index in [4.69, 9.17) is 15.6 Å². The second kappa shape index (κ2) is 13.9. The Morgan fingerprint density at radius 1 is 1.11 bits per heavy atom. The monoisotopic (exact) mass is 640 g/mol. The molecule has 6 rings (SSSR count). The summed E-state index contributed by atoms with van der Waals surface area (Å²) in [5.74, 6) is 0.116. The second-order valence-electron chi connectivity index (χ2n) is 11.9. The van der Waals surface area contributed by atoms with Crippen molar-refractivity contribution in [3.63, 3.8) is 0 Å². The number of nitrogens with one attached hydrogen (secondary N) is 1. The van der Waals surface area contributed by atoms with Gasteiger partial charge in [0, 0.05) is 25.7 Å². The highest BCUT2D eigenvalue weighted by atomic mass is 19.1. The van der Waals surface area contributed by atoms with Gasteiger partial charge < -0.3 is 20.7 Å². The van der Waals surface area contributed by atoms with Crippen molar-refractivity contribution in [3.05, 3.63) is 78.4 Å². The Balaban J connectivity index is 1.28. The molecule has 0 spiro atoms. The molecule has 1 saturated carbocycles. The minimum atomic E-state index is -0.523. The molecule has 0 radical (unpaired) electrons. The molecule has 1 atom stereocenters. The maximum Gasteiger partial charge on any atom is 0.345 e. The maximum atomic E-state index is 13.8. The van der Waals surface area contributed by atoms with Crippen molar-refractivity contribution in [1.29, 1.82) is 0 Å². The third-order valence-corrected chi connectivity index (χ3v) is 8.71. The Kier molecular flexibility index (Phi) is 9.36. The van der Waals surface area contributed by atoms with E-state index in [1.165, 1.54) is 62.2 Å². The summed E-state index contributed by atoms with van der Waals surface area (Å²) in [6.45, 7) is 0.596. The number of nitrogen functional groups attached to an aromatic ring is 1. The number of ether oxygens (including phenoxy) is 1. The number of nitrogens with two attached hydrogens (primary N) is 1. The van der Waals surface area contributed by atoms with Crippen LogP contribution in [0.3, 0.4) is 0 Å². The number of hydrogen-bond donors (Lipinski definition) is 2. The Morgan fingerprint density at radius 2 is 1.89 bits per heavy atom. The molecular formula is C33H37FN10O3. The van der Waals surface area contributed by atoms with Crippen LogP contribution in [0.5, 0.6) is 5.75 Å². The smallest absolute Gasteiger partial charge is 0.345 e. The number of fused-ring (bicyclic) bond motifs is 1. The molecule has 1 aliphatic carbocycles. The molecule has 2 amide bonds. The van der Waals surface area contributed by atoms with Gasteiger partial charge in [0.1, 0.15) is 42.1 Å². The third-order valence-electron chi connectivity index (χ3n) is 8.71.